The van der Waals surface area contributed by atoms with Gasteiger partial charge in [0.2, 0.25) is 0 Å². The van der Waals surface area contributed by atoms with Gasteiger partial charge < -0.3 is 9.47 Å². The summed E-state index contributed by atoms with van der Waals surface area (Å²) >= 11 is 6.44. The molecule has 1 N–H and O–H groups in total. The van der Waals surface area contributed by atoms with Crippen LogP contribution in [-0.4, -0.2) is 28.3 Å². The first kappa shape index (κ1) is 23.5. The second-order valence-electron chi connectivity index (χ2n) is 7.53. The van der Waals surface area contributed by atoms with Gasteiger partial charge in [-0.15, -0.1) is 0 Å². The molecule has 1 aliphatic heterocycles. The number of rotatable bonds is 7. The van der Waals surface area contributed by atoms with Gasteiger partial charge in [0.05, 0.1) is 12.0 Å². The number of ether oxygens (including phenoxy) is 2. The van der Waals surface area contributed by atoms with E-state index in [2.05, 4.69) is 11.5 Å². The van der Waals surface area contributed by atoms with Gasteiger partial charge in [-0.1, -0.05) is 53.7 Å². The van der Waals surface area contributed by atoms with E-state index in [1.165, 1.54) is 5.56 Å². The number of benzene rings is 3. The van der Waals surface area contributed by atoms with Gasteiger partial charge in [0.1, 0.15) is 18.1 Å². The van der Waals surface area contributed by atoms with Crippen LogP contribution in [0.1, 0.15) is 27.0 Å². The zero-order valence-electron chi connectivity index (χ0n) is 18.6. The number of carbonyl (C=O) groups excluding carboxylic acids is 2. The van der Waals surface area contributed by atoms with Crippen molar-refractivity contribution in [3.8, 4) is 11.5 Å². The van der Waals surface area contributed by atoms with Crippen molar-refractivity contribution < 1.29 is 19.1 Å². The summed E-state index contributed by atoms with van der Waals surface area (Å²) in [6, 6.07) is 22.2. The van der Waals surface area contributed by atoms with Crippen LogP contribution >= 0.6 is 24.0 Å². The fourth-order valence-corrected chi connectivity index (χ4v) is 4.43. The molecule has 0 atom stereocenters. The molecule has 0 aliphatic carbocycles. The fraction of sp³-hybridized carbons (Fsp3) is 0.115. The molecule has 0 aromatic heterocycles. The number of methoxy groups -OCH3 is 1. The zero-order valence-corrected chi connectivity index (χ0v) is 20.2. The Bertz CT molecular complexity index is 1250. The molecule has 0 spiro atoms. The Hall–Kier alpha value is -3.62. The summed E-state index contributed by atoms with van der Waals surface area (Å²) in [7, 11) is 1.55. The number of thiocarbonyl (C=S) groups is 1. The van der Waals surface area contributed by atoms with Gasteiger partial charge in [-0.05, 0) is 72.7 Å². The molecule has 34 heavy (non-hydrogen) atoms. The minimum Gasteiger partial charge on any atom is -0.497 e. The molecule has 172 valence electrons. The molecule has 1 heterocycles. The van der Waals surface area contributed by atoms with Crippen molar-refractivity contribution in [1.29, 1.82) is 0 Å². The van der Waals surface area contributed by atoms with Crippen LogP contribution in [0.5, 0.6) is 11.5 Å². The van der Waals surface area contributed by atoms with Gasteiger partial charge in [-0.2, -0.15) is 5.01 Å². The third-order valence-electron chi connectivity index (χ3n) is 5.03. The highest BCUT2D eigenvalue weighted by Gasteiger charge is 2.33. The van der Waals surface area contributed by atoms with Crippen LogP contribution in [0.3, 0.4) is 0 Å². The number of thioether (sulfide) groups is 1. The molecule has 3 aromatic rings. The number of aryl methyl sites for hydroxylation is 1. The number of amides is 2. The number of nitrogens with zero attached hydrogens (tertiary/aromatic N) is 1. The van der Waals surface area contributed by atoms with Crippen molar-refractivity contribution in [3.05, 3.63) is 100.0 Å². The van der Waals surface area contributed by atoms with Crippen LogP contribution in [0.15, 0.2) is 77.7 Å². The molecule has 6 nitrogen and oxygen atoms in total. The maximum absolute atomic E-state index is 12.8. The summed E-state index contributed by atoms with van der Waals surface area (Å²) in [5.41, 5.74) is 6.08. The van der Waals surface area contributed by atoms with Crippen molar-refractivity contribution in [1.82, 2.24) is 10.4 Å². The van der Waals surface area contributed by atoms with Crippen LogP contribution in [0.2, 0.25) is 0 Å². The summed E-state index contributed by atoms with van der Waals surface area (Å²) in [6.07, 6.45) is 1.74. The average molecular weight is 491 g/mol. The monoisotopic (exact) mass is 490 g/mol. The molecular weight excluding hydrogens is 468 g/mol. The lowest BCUT2D eigenvalue weighted by molar-refractivity contribution is -0.123. The van der Waals surface area contributed by atoms with E-state index >= 15 is 0 Å². The van der Waals surface area contributed by atoms with Gasteiger partial charge in [0.25, 0.3) is 11.8 Å². The van der Waals surface area contributed by atoms with Crippen molar-refractivity contribution in [2.45, 2.75) is 13.5 Å². The molecule has 0 saturated carbocycles. The summed E-state index contributed by atoms with van der Waals surface area (Å²) in [5, 5.41) is 1.09. The quantitative estimate of drug-likeness (QED) is 0.366. The number of carbonyl (C=O) groups is 2. The lowest BCUT2D eigenvalue weighted by Crippen LogP contribution is -2.44. The van der Waals surface area contributed by atoms with E-state index < -0.39 is 5.91 Å². The third kappa shape index (κ3) is 5.65. The van der Waals surface area contributed by atoms with E-state index in [9.17, 15) is 9.59 Å². The first-order chi connectivity index (χ1) is 16.4. The Morgan fingerprint density at radius 1 is 1.06 bits per heavy atom. The van der Waals surface area contributed by atoms with Gasteiger partial charge in [-0.25, -0.2) is 0 Å². The zero-order chi connectivity index (χ0) is 24.1. The third-order valence-corrected chi connectivity index (χ3v) is 6.33. The van der Waals surface area contributed by atoms with Crippen LogP contribution < -0.4 is 14.9 Å². The normalized spacial score (nSPS) is 14.4. The Morgan fingerprint density at radius 3 is 2.44 bits per heavy atom. The van der Waals surface area contributed by atoms with Gasteiger partial charge >= 0.3 is 0 Å². The van der Waals surface area contributed by atoms with Crippen molar-refractivity contribution >= 4 is 46.2 Å². The molecule has 1 fully saturated rings. The van der Waals surface area contributed by atoms with Crippen LogP contribution in [0, 0.1) is 6.92 Å². The Kier molecular flexibility index (Phi) is 7.30. The molecular formula is C26H22N2O4S2. The number of hydrogen-bond acceptors (Lipinski definition) is 6. The maximum atomic E-state index is 12.8. The fourth-order valence-electron chi connectivity index (χ4n) is 3.25. The molecule has 0 radical (unpaired) electrons. The second kappa shape index (κ2) is 10.5. The van der Waals surface area contributed by atoms with Crippen molar-refractivity contribution in [3.63, 3.8) is 0 Å². The smallest absolute Gasteiger partial charge is 0.285 e. The van der Waals surface area contributed by atoms with Crippen LogP contribution in [0.4, 0.5) is 0 Å². The topological polar surface area (TPSA) is 67.9 Å². The number of nitrogens with one attached hydrogen (secondary N) is 1. The molecule has 1 aliphatic rings. The second-order valence-corrected chi connectivity index (χ2v) is 9.21. The van der Waals surface area contributed by atoms with Crippen LogP contribution in [0.25, 0.3) is 6.08 Å². The van der Waals surface area contributed by atoms with E-state index in [-0.39, 0.29) is 10.2 Å². The summed E-state index contributed by atoms with van der Waals surface area (Å²) in [6.45, 7) is 2.53. The molecule has 2 amide bonds. The predicted octanol–water partition coefficient (Wildman–Crippen LogP) is 5.13. The van der Waals surface area contributed by atoms with Gasteiger partial charge in [0, 0.05) is 5.56 Å². The Morgan fingerprint density at radius 2 is 1.76 bits per heavy atom. The summed E-state index contributed by atoms with van der Waals surface area (Å²) in [5.74, 6) is 0.557. The molecule has 8 heteroatoms. The van der Waals surface area contributed by atoms with Gasteiger partial charge in [-0.3, -0.25) is 15.0 Å². The van der Waals surface area contributed by atoms with Gasteiger partial charge in [0.15, 0.2) is 4.32 Å². The van der Waals surface area contributed by atoms with E-state index in [0.29, 0.717) is 22.8 Å². The van der Waals surface area contributed by atoms with Crippen LogP contribution in [-0.2, 0) is 11.4 Å². The standard InChI is InChI=1S/C26H22N2O4S2/c1-17-4-3-5-19(14-17)16-32-22-10-6-18(7-11-22)15-23-25(30)28(26(33)34-23)27-24(29)20-8-12-21(31-2)13-9-20/h3-15H,16H2,1-2H3,(H,27,29)/b23-15+. The average Bonchev–Trinajstić information content (AvgIpc) is 3.11. The van der Waals surface area contributed by atoms with E-state index in [1.54, 1.807) is 37.5 Å². The first-order valence-electron chi connectivity index (χ1n) is 10.4. The summed E-state index contributed by atoms with van der Waals surface area (Å²) in [4.78, 5) is 25.8. The highest BCUT2D eigenvalue weighted by atomic mass is 32.2. The minimum atomic E-state index is -0.435. The molecule has 0 unspecified atom stereocenters. The molecule has 3 aromatic carbocycles. The first-order valence-corrected chi connectivity index (χ1v) is 11.7. The van der Waals surface area contributed by atoms with E-state index in [4.69, 9.17) is 21.7 Å². The molecule has 4 rings (SSSR count). The van der Waals surface area contributed by atoms with E-state index in [0.717, 1.165) is 33.6 Å². The Labute approximate surface area is 207 Å². The lowest BCUT2D eigenvalue weighted by atomic mass is 10.1. The highest BCUT2D eigenvalue weighted by Crippen LogP contribution is 2.32. The SMILES string of the molecule is COc1ccc(C(=O)NN2C(=O)/C(=C\c3ccc(OCc4cccc(C)c4)cc3)SC2=S)cc1. The maximum Gasteiger partial charge on any atom is 0.285 e. The number of hydrogen-bond donors (Lipinski definition) is 1. The summed E-state index contributed by atoms with van der Waals surface area (Å²) < 4.78 is 11.2. The molecule has 0 bridgehead atoms. The highest BCUT2D eigenvalue weighted by molar-refractivity contribution is 8.26. The predicted molar refractivity (Wildman–Crippen MR) is 137 cm³/mol. The van der Waals surface area contributed by atoms with E-state index in [1.807, 2.05) is 49.4 Å². The van der Waals surface area contributed by atoms with Crippen molar-refractivity contribution in [2.75, 3.05) is 7.11 Å². The Balaban J connectivity index is 1.38. The number of hydrazine groups is 1. The largest absolute Gasteiger partial charge is 0.497 e. The minimum absolute atomic E-state index is 0.260. The molecule has 1 saturated heterocycles. The lowest BCUT2D eigenvalue weighted by Gasteiger charge is -2.15. The van der Waals surface area contributed by atoms with Crippen molar-refractivity contribution in [2.24, 2.45) is 0 Å².